The van der Waals surface area contributed by atoms with E-state index in [0.717, 1.165) is 0 Å². The van der Waals surface area contributed by atoms with Crippen molar-refractivity contribution in [2.45, 2.75) is 25.9 Å². The molecule has 37 heavy (non-hydrogen) atoms. The summed E-state index contributed by atoms with van der Waals surface area (Å²) < 4.78 is 33.0. The van der Waals surface area contributed by atoms with Gasteiger partial charge in [-0.3, -0.25) is 14.6 Å². The van der Waals surface area contributed by atoms with Crippen LogP contribution in [0.4, 0.5) is 13.6 Å². The molecule has 1 saturated heterocycles. The van der Waals surface area contributed by atoms with Crippen LogP contribution in [0.5, 0.6) is 0 Å². The molecule has 3 amide bonds. The number of amides is 3. The van der Waals surface area contributed by atoms with Crippen LogP contribution >= 0.6 is 0 Å². The molecule has 2 heterocycles. The fraction of sp³-hybridized carbons (Fsp3) is 0.370. The van der Waals surface area contributed by atoms with E-state index in [-0.39, 0.29) is 36.2 Å². The fourth-order valence-corrected chi connectivity index (χ4v) is 4.81. The Morgan fingerprint density at radius 2 is 1.78 bits per heavy atom. The number of carbonyl (C=O) groups excluding carboxylic acids is 3. The number of hydrogen-bond acceptors (Lipinski definition) is 5. The van der Waals surface area contributed by atoms with Crippen LogP contribution in [0, 0.1) is 11.6 Å². The summed E-state index contributed by atoms with van der Waals surface area (Å²) in [5.41, 5.74) is 1.41. The molecule has 2 aromatic carbocycles. The zero-order valence-corrected chi connectivity index (χ0v) is 21.0. The first-order chi connectivity index (χ1) is 17.7. The summed E-state index contributed by atoms with van der Waals surface area (Å²) in [4.78, 5) is 44.1. The van der Waals surface area contributed by atoms with Gasteiger partial charge in [-0.2, -0.15) is 0 Å². The van der Waals surface area contributed by atoms with Crippen LogP contribution in [-0.2, 0) is 9.53 Å². The zero-order valence-electron chi connectivity index (χ0n) is 21.0. The van der Waals surface area contributed by atoms with Gasteiger partial charge in [0.25, 0.3) is 5.91 Å². The molecular weight excluding hydrogens is 482 g/mol. The summed E-state index contributed by atoms with van der Waals surface area (Å²) in [6, 6.07) is 9.86. The number of hydrogen-bond donors (Lipinski definition) is 1. The molecule has 1 fully saturated rings. The standard InChI is InChI=1S/C27H30F2N4O4/c1-4-37-26(35)23-22(31(3)27(36)30-24(23)18-7-5-9-20(28)13-18)16-32-11-12-33(17(2)15-32)25(34)19-8-6-10-21(29)14-19/h5-10,13-14,17,24H,4,11-12,15-16H2,1-3H3,(H,30,36)/t17-,24+/m1/s1. The van der Waals surface area contributed by atoms with Crippen LogP contribution in [0.2, 0.25) is 0 Å². The number of rotatable bonds is 6. The maximum absolute atomic E-state index is 14.0. The predicted octanol–water partition coefficient (Wildman–Crippen LogP) is 3.32. The van der Waals surface area contributed by atoms with Crippen molar-refractivity contribution in [3.8, 4) is 0 Å². The Balaban J connectivity index is 1.60. The van der Waals surface area contributed by atoms with E-state index in [1.54, 1.807) is 31.0 Å². The lowest BCUT2D eigenvalue weighted by Gasteiger charge is -2.42. The van der Waals surface area contributed by atoms with Crippen molar-refractivity contribution >= 4 is 17.9 Å². The van der Waals surface area contributed by atoms with Gasteiger partial charge < -0.3 is 15.0 Å². The first-order valence-electron chi connectivity index (χ1n) is 12.2. The number of carbonyl (C=O) groups is 3. The van der Waals surface area contributed by atoms with Crippen LogP contribution in [-0.4, -0.2) is 78.5 Å². The van der Waals surface area contributed by atoms with Crippen molar-refractivity contribution in [2.75, 3.05) is 39.8 Å². The summed E-state index contributed by atoms with van der Waals surface area (Å²) in [6.07, 6.45) is 0. The van der Waals surface area contributed by atoms with Gasteiger partial charge in [-0.15, -0.1) is 0 Å². The van der Waals surface area contributed by atoms with Gasteiger partial charge in [-0.1, -0.05) is 18.2 Å². The number of nitrogens with zero attached hydrogens (tertiary/aromatic N) is 3. The van der Waals surface area contributed by atoms with Gasteiger partial charge in [0.15, 0.2) is 0 Å². The minimum absolute atomic E-state index is 0.140. The topological polar surface area (TPSA) is 82.2 Å². The fourth-order valence-electron chi connectivity index (χ4n) is 4.81. The summed E-state index contributed by atoms with van der Waals surface area (Å²) in [5, 5.41) is 2.78. The molecule has 2 aliphatic heterocycles. The normalized spacial score (nSPS) is 20.6. The number of urea groups is 1. The van der Waals surface area contributed by atoms with E-state index in [4.69, 9.17) is 4.74 Å². The Hall–Kier alpha value is -3.79. The van der Waals surface area contributed by atoms with E-state index in [1.165, 1.54) is 41.3 Å². The lowest BCUT2D eigenvalue weighted by atomic mass is 9.94. The molecule has 0 aliphatic carbocycles. The minimum Gasteiger partial charge on any atom is -0.463 e. The first-order valence-corrected chi connectivity index (χ1v) is 12.2. The molecule has 0 spiro atoms. The van der Waals surface area contributed by atoms with Crippen LogP contribution < -0.4 is 5.32 Å². The Morgan fingerprint density at radius 1 is 1.08 bits per heavy atom. The summed E-state index contributed by atoms with van der Waals surface area (Å²) >= 11 is 0. The summed E-state index contributed by atoms with van der Waals surface area (Å²) in [5.74, 6) is -1.80. The van der Waals surface area contributed by atoms with Gasteiger partial charge in [0.05, 0.1) is 18.2 Å². The second-order valence-corrected chi connectivity index (χ2v) is 9.17. The van der Waals surface area contributed by atoms with Gasteiger partial charge in [-0.05, 0) is 49.7 Å². The Labute approximate surface area is 214 Å². The van der Waals surface area contributed by atoms with Gasteiger partial charge in [-0.25, -0.2) is 18.4 Å². The van der Waals surface area contributed by atoms with E-state index < -0.39 is 29.7 Å². The number of piperazine rings is 1. The average molecular weight is 513 g/mol. The molecule has 2 aliphatic rings. The molecule has 0 aromatic heterocycles. The number of esters is 1. The molecule has 0 unspecified atom stereocenters. The van der Waals surface area contributed by atoms with E-state index in [1.807, 2.05) is 11.8 Å². The summed E-state index contributed by atoms with van der Waals surface area (Å²) in [7, 11) is 1.57. The Bertz CT molecular complexity index is 1230. The van der Waals surface area contributed by atoms with Crippen LogP contribution in [0.1, 0.15) is 35.8 Å². The van der Waals surface area contributed by atoms with Gasteiger partial charge >= 0.3 is 12.0 Å². The SMILES string of the molecule is CCOC(=O)C1=C(CN2CCN(C(=O)c3cccc(F)c3)[C@H](C)C2)N(C)C(=O)N[C@H]1c1cccc(F)c1. The van der Waals surface area contributed by atoms with Crippen molar-refractivity contribution in [3.05, 3.63) is 82.6 Å². The molecule has 0 bridgehead atoms. The molecule has 8 nitrogen and oxygen atoms in total. The number of ether oxygens (including phenoxy) is 1. The highest BCUT2D eigenvalue weighted by Gasteiger charge is 2.38. The van der Waals surface area contributed by atoms with Crippen molar-refractivity contribution in [3.63, 3.8) is 0 Å². The van der Waals surface area contributed by atoms with Crippen LogP contribution in [0.25, 0.3) is 0 Å². The van der Waals surface area contributed by atoms with Crippen molar-refractivity contribution in [1.29, 1.82) is 0 Å². The van der Waals surface area contributed by atoms with Crippen LogP contribution in [0.3, 0.4) is 0 Å². The zero-order chi connectivity index (χ0) is 26.7. The third kappa shape index (κ3) is 5.64. The molecule has 2 atom stereocenters. The monoisotopic (exact) mass is 512 g/mol. The first kappa shape index (κ1) is 26.3. The minimum atomic E-state index is -0.873. The van der Waals surface area contributed by atoms with E-state index in [2.05, 4.69) is 5.32 Å². The van der Waals surface area contributed by atoms with Gasteiger partial charge in [0.2, 0.25) is 0 Å². The lowest BCUT2D eigenvalue weighted by molar-refractivity contribution is -0.139. The number of nitrogens with one attached hydrogen (secondary N) is 1. The predicted molar refractivity (Wildman–Crippen MR) is 132 cm³/mol. The second-order valence-electron chi connectivity index (χ2n) is 9.17. The van der Waals surface area contributed by atoms with Crippen molar-refractivity contribution < 1.29 is 27.9 Å². The summed E-state index contributed by atoms with van der Waals surface area (Å²) in [6.45, 7) is 5.32. The maximum Gasteiger partial charge on any atom is 0.338 e. The van der Waals surface area contributed by atoms with Gasteiger partial charge in [0, 0.05) is 50.5 Å². The van der Waals surface area contributed by atoms with Gasteiger partial charge in [0.1, 0.15) is 11.6 Å². The van der Waals surface area contributed by atoms with Crippen molar-refractivity contribution in [2.24, 2.45) is 0 Å². The molecule has 0 radical (unpaired) electrons. The average Bonchev–Trinajstić information content (AvgIpc) is 2.86. The number of halogens is 2. The Morgan fingerprint density at radius 3 is 2.43 bits per heavy atom. The molecular formula is C27H30F2N4O4. The van der Waals surface area contributed by atoms with Crippen molar-refractivity contribution in [1.82, 2.24) is 20.0 Å². The smallest absolute Gasteiger partial charge is 0.338 e. The second kappa shape index (κ2) is 11.1. The highest BCUT2D eigenvalue weighted by Crippen LogP contribution is 2.32. The highest BCUT2D eigenvalue weighted by atomic mass is 19.1. The number of benzene rings is 2. The molecule has 10 heteroatoms. The Kier molecular flexibility index (Phi) is 7.87. The van der Waals surface area contributed by atoms with E-state index in [0.29, 0.717) is 30.9 Å². The molecule has 2 aromatic rings. The van der Waals surface area contributed by atoms with Crippen LogP contribution in [0.15, 0.2) is 59.8 Å². The number of likely N-dealkylation sites (N-methyl/N-ethyl adjacent to an activating group) is 1. The lowest BCUT2D eigenvalue weighted by Crippen LogP contribution is -2.56. The van der Waals surface area contributed by atoms with E-state index >= 15 is 0 Å². The third-order valence-corrected chi connectivity index (χ3v) is 6.67. The highest BCUT2D eigenvalue weighted by molar-refractivity contribution is 5.95. The molecule has 0 saturated carbocycles. The molecule has 4 rings (SSSR count). The maximum atomic E-state index is 14.0. The molecule has 1 N–H and O–H groups in total. The quantitative estimate of drug-likeness (QED) is 0.601. The van der Waals surface area contributed by atoms with E-state index in [9.17, 15) is 23.2 Å². The molecule has 196 valence electrons. The third-order valence-electron chi connectivity index (χ3n) is 6.67. The largest absolute Gasteiger partial charge is 0.463 e.